The average Bonchev–Trinajstić information content (AvgIpc) is 3.40. The Labute approximate surface area is 177 Å². The Kier molecular flexibility index (Phi) is 5.72. The summed E-state index contributed by atoms with van der Waals surface area (Å²) in [4.78, 5) is 22.6. The molecular formula is C21H24F3N5O2. The number of nitrogens with zero attached hydrogens (tertiary/aromatic N) is 5. The van der Waals surface area contributed by atoms with Gasteiger partial charge < -0.3 is 14.0 Å². The van der Waals surface area contributed by atoms with Gasteiger partial charge >= 0.3 is 6.18 Å². The van der Waals surface area contributed by atoms with Crippen molar-refractivity contribution in [3.8, 4) is 0 Å². The monoisotopic (exact) mass is 435 g/mol. The van der Waals surface area contributed by atoms with Crippen molar-refractivity contribution < 1.29 is 22.5 Å². The number of amides is 1. The highest BCUT2D eigenvalue weighted by Gasteiger charge is 2.38. The van der Waals surface area contributed by atoms with Gasteiger partial charge in [0.2, 0.25) is 5.91 Å². The summed E-state index contributed by atoms with van der Waals surface area (Å²) >= 11 is 0. The minimum Gasteiger partial charge on any atom is -0.342 e. The molecule has 31 heavy (non-hydrogen) atoms. The number of aryl methyl sites for hydroxylation is 1. The molecule has 0 unspecified atom stereocenters. The Morgan fingerprint density at radius 2 is 2.16 bits per heavy atom. The minimum absolute atomic E-state index is 0.0394. The number of imidazole rings is 1. The van der Waals surface area contributed by atoms with Crippen molar-refractivity contribution >= 4 is 17.0 Å². The lowest BCUT2D eigenvalue weighted by Gasteiger charge is -2.32. The van der Waals surface area contributed by atoms with Gasteiger partial charge in [0.15, 0.2) is 0 Å². The molecule has 0 radical (unpaired) electrons. The first-order valence-electron chi connectivity index (χ1n) is 10.3. The van der Waals surface area contributed by atoms with Crippen LogP contribution in [0.5, 0.6) is 0 Å². The molecule has 1 aliphatic heterocycles. The molecule has 1 fully saturated rings. The van der Waals surface area contributed by atoms with E-state index in [1.54, 1.807) is 37.5 Å². The zero-order chi connectivity index (χ0) is 22.2. The van der Waals surface area contributed by atoms with Crippen molar-refractivity contribution in [3.63, 3.8) is 0 Å². The number of pyridine rings is 1. The van der Waals surface area contributed by atoms with E-state index < -0.39 is 11.7 Å². The Balaban J connectivity index is 1.60. The summed E-state index contributed by atoms with van der Waals surface area (Å²) in [6.45, 7) is 4.96. The highest BCUT2D eigenvalue weighted by molar-refractivity contribution is 5.82. The number of halogens is 3. The standard InChI is InChI=1S/C21H24F3N5O2/c1-13(2)16-10-15(21(22,23)24)18-19(27-31-20(18)26-16)14-4-3-7-29(11-14)17(30)5-8-28-9-6-25-12-28/h6,9-10,12-14H,3-5,7-8,11H2,1-2H3/t14-/m0/s1. The van der Waals surface area contributed by atoms with Gasteiger partial charge in [0.25, 0.3) is 5.71 Å². The van der Waals surface area contributed by atoms with Crippen LogP contribution in [-0.2, 0) is 17.5 Å². The fourth-order valence-corrected chi connectivity index (χ4v) is 4.02. The molecule has 4 heterocycles. The third-order valence-electron chi connectivity index (χ3n) is 5.69. The second-order valence-corrected chi connectivity index (χ2v) is 8.22. The molecule has 7 nitrogen and oxygen atoms in total. The summed E-state index contributed by atoms with van der Waals surface area (Å²) in [6.07, 6.45) is 2.14. The van der Waals surface area contributed by atoms with Crippen LogP contribution in [0.25, 0.3) is 11.1 Å². The van der Waals surface area contributed by atoms with Crippen molar-refractivity contribution in [2.24, 2.45) is 0 Å². The second kappa shape index (κ2) is 8.32. The zero-order valence-corrected chi connectivity index (χ0v) is 17.4. The van der Waals surface area contributed by atoms with Gasteiger partial charge in [-0.1, -0.05) is 19.0 Å². The number of piperidine rings is 1. The summed E-state index contributed by atoms with van der Waals surface area (Å²) in [6, 6.07) is 1.09. The quantitative estimate of drug-likeness (QED) is 0.595. The summed E-state index contributed by atoms with van der Waals surface area (Å²) in [5.74, 6) is -0.556. The molecule has 166 valence electrons. The van der Waals surface area contributed by atoms with Gasteiger partial charge in [-0.25, -0.2) is 9.97 Å². The number of likely N-dealkylation sites (tertiary alicyclic amines) is 1. The Morgan fingerprint density at radius 1 is 1.35 bits per heavy atom. The normalized spacial score (nSPS) is 17.6. The van der Waals surface area contributed by atoms with Gasteiger partial charge in [-0.15, -0.1) is 0 Å². The number of aromatic nitrogens is 4. The molecule has 1 aliphatic rings. The van der Waals surface area contributed by atoms with E-state index in [1.165, 1.54) is 0 Å². The van der Waals surface area contributed by atoms with E-state index in [-0.39, 0.29) is 34.5 Å². The first kappa shape index (κ1) is 21.3. The van der Waals surface area contributed by atoms with Crippen molar-refractivity contribution in [1.82, 2.24) is 24.6 Å². The molecule has 1 amide bonds. The maximum absolute atomic E-state index is 13.9. The van der Waals surface area contributed by atoms with Gasteiger partial charge in [-0.05, 0) is 24.8 Å². The van der Waals surface area contributed by atoms with E-state index in [4.69, 9.17) is 4.52 Å². The molecule has 0 spiro atoms. The summed E-state index contributed by atoms with van der Waals surface area (Å²) in [5, 5.41) is 3.90. The molecule has 3 aromatic rings. The molecule has 1 saturated heterocycles. The van der Waals surface area contributed by atoms with Crippen molar-refractivity contribution in [3.05, 3.63) is 41.7 Å². The Morgan fingerprint density at radius 3 is 2.84 bits per heavy atom. The smallest absolute Gasteiger partial charge is 0.342 e. The lowest BCUT2D eigenvalue weighted by Crippen LogP contribution is -2.39. The lowest BCUT2D eigenvalue weighted by molar-refractivity contribution is -0.136. The first-order chi connectivity index (χ1) is 14.7. The lowest BCUT2D eigenvalue weighted by atomic mass is 9.91. The van der Waals surface area contributed by atoms with Crippen molar-refractivity contribution in [1.29, 1.82) is 0 Å². The Bertz CT molecular complexity index is 1060. The molecule has 0 bridgehead atoms. The fraction of sp³-hybridized carbons (Fsp3) is 0.524. The van der Waals surface area contributed by atoms with Gasteiger partial charge in [0, 0.05) is 50.1 Å². The largest absolute Gasteiger partial charge is 0.417 e. The maximum atomic E-state index is 13.9. The SMILES string of the molecule is CC(C)c1cc(C(F)(F)F)c2c([C@H]3CCCN(C(=O)CCn4ccnc4)C3)noc2n1. The van der Waals surface area contributed by atoms with E-state index in [9.17, 15) is 18.0 Å². The van der Waals surface area contributed by atoms with Crippen LogP contribution in [0.2, 0.25) is 0 Å². The third kappa shape index (κ3) is 4.42. The molecule has 0 aromatic carbocycles. The summed E-state index contributed by atoms with van der Waals surface area (Å²) in [5.41, 5.74) is -0.335. The molecule has 10 heteroatoms. The number of hydrogen-bond donors (Lipinski definition) is 0. The van der Waals surface area contributed by atoms with Crippen LogP contribution >= 0.6 is 0 Å². The van der Waals surface area contributed by atoms with Gasteiger partial charge in [-0.3, -0.25) is 4.79 Å². The highest BCUT2D eigenvalue weighted by Crippen LogP contribution is 2.40. The van der Waals surface area contributed by atoms with Crippen molar-refractivity contribution in [2.75, 3.05) is 13.1 Å². The van der Waals surface area contributed by atoms with Crippen molar-refractivity contribution in [2.45, 2.75) is 57.7 Å². The minimum atomic E-state index is -4.56. The third-order valence-corrected chi connectivity index (χ3v) is 5.69. The van der Waals surface area contributed by atoms with Gasteiger partial charge in [0.1, 0.15) is 0 Å². The maximum Gasteiger partial charge on any atom is 0.417 e. The van der Waals surface area contributed by atoms with E-state index in [0.29, 0.717) is 44.6 Å². The van der Waals surface area contributed by atoms with Gasteiger partial charge in [0.05, 0.1) is 23.0 Å². The highest BCUT2D eigenvalue weighted by atomic mass is 19.4. The van der Waals surface area contributed by atoms with Crippen LogP contribution in [0.4, 0.5) is 13.2 Å². The fourth-order valence-electron chi connectivity index (χ4n) is 4.02. The van der Waals surface area contributed by atoms with Gasteiger partial charge in [-0.2, -0.15) is 13.2 Å². The number of carbonyl (C=O) groups is 1. The van der Waals surface area contributed by atoms with E-state index in [2.05, 4.69) is 15.1 Å². The van der Waals surface area contributed by atoms with Crippen LogP contribution in [0.1, 0.15) is 61.9 Å². The molecule has 1 atom stereocenters. The van der Waals surface area contributed by atoms with Crippen LogP contribution in [0, 0.1) is 0 Å². The first-order valence-corrected chi connectivity index (χ1v) is 10.3. The molecule has 3 aromatic heterocycles. The Hall–Kier alpha value is -2.91. The predicted molar refractivity (Wildman–Crippen MR) is 106 cm³/mol. The predicted octanol–water partition coefficient (Wildman–Crippen LogP) is 4.36. The van der Waals surface area contributed by atoms with Crippen LogP contribution < -0.4 is 0 Å². The topological polar surface area (TPSA) is 77.0 Å². The van der Waals surface area contributed by atoms with Crippen LogP contribution in [-0.4, -0.2) is 43.6 Å². The summed E-state index contributed by atoms with van der Waals surface area (Å²) < 4.78 is 48.6. The number of fused-ring (bicyclic) bond motifs is 1. The van der Waals surface area contributed by atoms with Crippen LogP contribution in [0.15, 0.2) is 29.3 Å². The summed E-state index contributed by atoms with van der Waals surface area (Å²) in [7, 11) is 0. The van der Waals surface area contributed by atoms with Crippen LogP contribution in [0.3, 0.4) is 0 Å². The number of carbonyl (C=O) groups excluding carboxylic acids is 1. The molecular weight excluding hydrogens is 411 g/mol. The molecule has 0 saturated carbocycles. The van der Waals surface area contributed by atoms with E-state index in [0.717, 1.165) is 6.07 Å². The second-order valence-electron chi connectivity index (χ2n) is 8.22. The van der Waals surface area contributed by atoms with E-state index >= 15 is 0 Å². The molecule has 0 aliphatic carbocycles. The van der Waals surface area contributed by atoms with E-state index in [1.807, 2.05) is 4.57 Å². The molecule has 4 rings (SSSR count). The number of rotatable bonds is 5. The average molecular weight is 435 g/mol. The number of alkyl halides is 3. The number of hydrogen-bond acceptors (Lipinski definition) is 5. The molecule has 0 N–H and O–H groups in total. The zero-order valence-electron chi connectivity index (χ0n) is 17.4.